The smallest absolute Gasteiger partial charge is 0.115 e. The Morgan fingerprint density at radius 1 is 1.13 bits per heavy atom. The molecule has 0 amide bonds. The molecule has 1 aromatic heterocycles. The van der Waals surface area contributed by atoms with Gasteiger partial charge in [0.2, 0.25) is 0 Å². The van der Waals surface area contributed by atoms with Gasteiger partial charge in [-0.3, -0.25) is 4.90 Å². The van der Waals surface area contributed by atoms with E-state index in [4.69, 9.17) is 4.74 Å². The van der Waals surface area contributed by atoms with Crippen LogP contribution in [0, 0.1) is 0 Å². The lowest BCUT2D eigenvalue weighted by Gasteiger charge is -2.24. The van der Waals surface area contributed by atoms with E-state index < -0.39 is 0 Å². The van der Waals surface area contributed by atoms with Gasteiger partial charge in [-0.15, -0.1) is 0 Å². The van der Waals surface area contributed by atoms with Gasteiger partial charge < -0.3 is 10.1 Å². The summed E-state index contributed by atoms with van der Waals surface area (Å²) in [6, 6.07) is 10.6. The average Bonchev–Trinajstić information content (AvgIpc) is 2.82. The minimum Gasteiger partial charge on any atom is -0.376 e. The van der Waals surface area contributed by atoms with E-state index in [1.807, 2.05) is 12.4 Å². The molecule has 5 nitrogen and oxygen atoms in total. The summed E-state index contributed by atoms with van der Waals surface area (Å²) in [5.41, 5.74) is 2.46. The summed E-state index contributed by atoms with van der Waals surface area (Å²) < 4.78 is 5.97. The molecular weight excluding hydrogens is 288 g/mol. The lowest BCUT2D eigenvalue weighted by atomic mass is 10.2. The largest absolute Gasteiger partial charge is 0.376 e. The van der Waals surface area contributed by atoms with Gasteiger partial charge in [0.25, 0.3) is 0 Å². The van der Waals surface area contributed by atoms with Gasteiger partial charge in [-0.05, 0) is 12.0 Å². The van der Waals surface area contributed by atoms with E-state index in [1.165, 1.54) is 5.56 Å². The summed E-state index contributed by atoms with van der Waals surface area (Å²) in [6.07, 6.45) is 6.56. The summed E-state index contributed by atoms with van der Waals surface area (Å²) in [5.74, 6) is 0. The van der Waals surface area contributed by atoms with Crippen molar-refractivity contribution < 1.29 is 4.74 Å². The van der Waals surface area contributed by atoms with Crippen molar-refractivity contribution in [3.63, 3.8) is 0 Å². The molecule has 0 spiro atoms. The van der Waals surface area contributed by atoms with E-state index >= 15 is 0 Å². The molecular formula is C18H24N4O. The third-order valence-corrected chi connectivity index (χ3v) is 4.00. The van der Waals surface area contributed by atoms with Crippen LogP contribution in [0.1, 0.15) is 17.5 Å². The van der Waals surface area contributed by atoms with Gasteiger partial charge in [-0.1, -0.05) is 30.3 Å². The zero-order valence-electron chi connectivity index (χ0n) is 13.4. The molecule has 3 rings (SSSR count). The molecule has 0 saturated carbocycles. The first-order chi connectivity index (χ1) is 11.4. The number of hydrogen-bond acceptors (Lipinski definition) is 5. The van der Waals surface area contributed by atoms with Crippen molar-refractivity contribution in [2.24, 2.45) is 0 Å². The van der Waals surface area contributed by atoms with Crippen LogP contribution in [0.4, 0.5) is 0 Å². The highest BCUT2D eigenvalue weighted by molar-refractivity contribution is 5.14. The Kier molecular flexibility index (Phi) is 6.09. The van der Waals surface area contributed by atoms with Gasteiger partial charge in [0.05, 0.1) is 6.10 Å². The molecule has 23 heavy (non-hydrogen) atoms. The fourth-order valence-electron chi connectivity index (χ4n) is 2.88. The standard InChI is InChI=1S/C18H24N4O/c1-2-5-16(6-3-1)13-22-7-4-8-23-18(14-22)12-19-9-17-10-20-15-21-11-17/h1-3,5-6,10-11,15,18-19H,4,7-9,12-14H2. The molecule has 1 N–H and O–H groups in total. The molecule has 1 aromatic carbocycles. The molecule has 1 atom stereocenters. The summed E-state index contributed by atoms with van der Waals surface area (Å²) in [7, 11) is 0. The number of aromatic nitrogens is 2. The van der Waals surface area contributed by atoms with E-state index in [2.05, 4.69) is 50.5 Å². The van der Waals surface area contributed by atoms with Crippen LogP contribution in [-0.4, -0.2) is 47.2 Å². The van der Waals surface area contributed by atoms with Crippen molar-refractivity contribution in [1.82, 2.24) is 20.2 Å². The molecule has 1 fully saturated rings. The van der Waals surface area contributed by atoms with Crippen molar-refractivity contribution in [2.75, 3.05) is 26.2 Å². The van der Waals surface area contributed by atoms with Gasteiger partial charge in [0.15, 0.2) is 0 Å². The molecule has 122 valence electrons. The van der Waals surface area contributed by atoms with E-state index in [1.54, 1.807) is 6.33 Å². The first-order valence-corrected chi connectivity index (χ1v) is 8.22. The van der Waals surface area contributed by atoms with Crippen molar-refractivity contribution in [1.29, 1.82) is 0 Å². The fourth-order valence-corrected chi connectivity index (χ4v) is 2.88. The lowest BCUT2D eigenvalue weighted by Crippen LogP contribution is -2.37. The Bertz CT molecular complexity index is 564. The highest BCUT2D eigenvalue weighted by atomic mass is 16.5. The monoisotopic (exact) mass is 312 g/mol. The predicted molar refractivity (Wildman–Crippen MR) is 89.8 cm³/mol. The van der Waals surface area contributed by atoms with Crippen LogP contribution in [0.3, 0.4) is 0 Å². The normalized spacial score (nSPS) is 19.4. The first kappa shape index (κ1) is 16.1. The first-order valence-electron chi connectivity index (χ1n) is 8.22. The van der Waals surface area contributed by atoms with Gasteiger partial charge in [-0.25, -0.2) is 9.97 Å². The summed E-state index contributed by atoms with van der Waals surface area (Å²) in [6.45, 7) is 5.52. The SMILES string of the molecule is c1ccc(CN2CCCOC(CNCc3cncnc3)C2)cc1. The molecule has 1 saturated heterocycles. The Morgan fingerprint density at radius 3 is 2.78 bits per heavy atom. The number of nitrogens with zero attached hydrogens (tertiary/aromatic N) is 3. The van der Waals surface area contributed by atoms with E-state index in [-0.39, 0.29) is 6.10 Å². The Morgan fingerprint density at radius 2 is 1.96 bits per heavy atom. The lowest BCUT2D eigenvalue weighted by molar-refractivity contribution is 0.0533. The number of nitrogens with one attached hydrogen (secondary N) is 1. The molecule has 0 aliphatic carbocycles. The minimum atomic E-state index is 0.228. The second-order valence-electron chi connectivity index (χ2n) is 5.94. The van der Waals surface area contributed by atoms with Crippen molar-refractivity contribution in [3.05, 3.63) is 60.2 Å². The third-order valence-electron chi connectivity index (χ3n) is 4.00. The Hall–Kier alpha value is -1.82. The van der Waals surface area contributed by atoms with E-state index in [0.717, 1.165) is 51.3 Å². The Labute approximate surface area is 137 Å². The zero-order valence-corrected chi connectivity index (χ0v) is 13.4. The Balaban J connectivity index is 1.47. The van der Waals surface area contributed by atoms with Crippen molar-refractivity contribution in [2.45, 2.75) is 25.6 Å². The van der Waals surface area contributed by atoms with Crippen LogP contribution in [0.2, 0.25) is 0 Å². The zero-order chi connectivity index (χ0) is 15.7. The van der Waals surface area contributed by atoms with E-state index in [9.17, 15) is 0 Å². The predicted octanol–water partition coefficient (Wildman–Crippen LogP) is 1.86. The second-order valence-corrected chi connectivity index (χ2v) is 5.94. The van der Waals surface area contributed by atoms with Gasteiger partial charge in [0.1, 0.15) is 6.33 Å². The van der Waals surface area contributed by atoms with Crippen molar-refractivity contribution in [3.8, 4) is 0 Å². The number of benzene rings is 1. The maximum atomic E-state index is 5.97. The van der Waals surface area contributed by atoms with Crippen LogP contribution >= 0.6 is 0 Å². The van der Waals surface area contributed by atoms with Gasteiger partial charge in [0, 0.05) is 57.3 Å². The molecule has 2 aromatic rings. The van der Waals surface area contributed by atoms with Crippen LogP contribution in [0.15, 0.2) is 49.1 Å². The summed E-state index contributed by atoms with van der Waals surface area (Å²) in [5, 5.41) is 3.45. The maximum Gasteiger partial charge on any atom is 0.115 e. The topological polar surface area (TPSA) is 50.3 Å². The molecule has 1 aliphatic rings. The third kappa shape index (κ3) is 5.39. The molecule has 0 radical (unpaired) electrons. The van der Waals surface area contributed by atoms with Gasteiger partial charge in [-0.2, -0.15) is 0 Å². The number of hydrogen-bond donors (Lipinski definition) is 1. The van der Waals surface area contributed by atoms with E-state index in [0.29, 0.717) is 0 Å². The second kappa shape index (κ2) is 8.72. The molecule has 0 bridgehead atoms. The van der Waals surface area contributed by atoms with Crippen LogP contribution in [0.5, 0.6) is 0 Å². The number of ether oxygens (including phenoxy) is 1. The number of rotatable bonds is 6. The van der Waals surface area contributed by atoms with Crippen LogP contribution in [-0.2, 0) is 17.8 Å². The summed E-state index contributed by atoms with van der Waals surface area (Å²) >= 11 is 0. The maximum absolute atomic E-state index is 5.97. The quantitative estimate of drug-likeness (QED) is 0.882. The van der Waals surface area contributed by atoms with Crippen LogP contribution < -0.4 is 5.32 Å². The fraction of sp³-hybridized carbons (Fsp3) is 0.444. The highest BCUT2D eigenvalue weighted by Crippen LogP contribution is 2.10. The molecule has 5 heteroatoms. The molecule has 1 unspecified atom stereocenters. The van der Waals surface area contributed by atoms with Crippen molar-refractivity contribution >= 4 is 0 Å². The van der Waals surface area contributed by atoms with Gasteiger partial charge >= 0.3 is 0 Å². The average molecular weight is 312 g/mol. The molecule has 2 heterocycles. The minimum absolute atomic E-state index is 0.228. The highest BCUT2D eigenvalue weighted by Gasteiger charge is 2.18. The summed E-state index contributed by atoms with van der Waals surface area (Å²) in [4.78, 5) is 10.6. The van der Waals surface area contributed by atoms with Crippen LogP contribution in [0.25, 0.3) is 0 Å². The molecule has 1 aliphatic heterocycles.